The zero-order valence-electron chi connectivity index (χ0n) is 14.5. The number of pyridine rings is 1. The van der Waals surface area contributed by atoms with Gasteiger partial charge in [0.1, 0.15) is 0 Å². The largest absolute Gasteiger partial charge is 0.370 e. The lowest BCUT2D eigenvalue weighted by Gasteiger charge is -2.32. The minimum absolute atomic E-state index is 0.0713. The van der Waals surface area contributed by atoms with Crippen LogP contribution in [-0.4, -0.2) is 24.0 Å². The molecule has 126 valence electrons. The van der Waals surface area contributed by atoms with E-state index in [-0.39, 0.29) is 5.91 Å². The highest BCUT2D eigenvalue weighted by Gasteiger charge is 2.17. The maximum atomic E-state index is 12.4. The van der Waals surface area contributed by atoms with E-state index in [2.05, 4.69) is 35.1 Å². The Balaban J connectivity index is 1.65. The molecule has 1 N–H and O–H groups in total. The number of aryl methyl sites for hydroxylation is 1. The molecule has 3 rings (SSSR count). The molecule has 0 atom stereocenters. The summed E-state index contributed by atoms with van der Waals surface area (Å²) in [5.41, 5.74) is 4.00. The number of amides is 1. The van der Waals surface area contributed by atoms with Crippen molar-refractivity contribution in [1.29, 1.82) is 0 Å². The van der Waals surface area contributed by atoms with E-state index in [1.165, 1.54) is 18.4 Å². The standard InChI is InChI=1S/C20H25N3O/c1-15-7-9-23(10-8-15)19-11-18(12-21-14-19)20(24)22-13-17-6-4-3-5-16(17)2/h3-6,11-12,14-15H,7-10,13H2,1-2H3,(H,22,24). The van der Waals surface area contributed by atoms with Gasteiger partial charge >= 0.3 is 0 Å². The summed E-state index contributed by atoms with van der Waals surface area (Å²) in [5.74, 6) is 0.716. The maximum absolute atomic E-state index is 12.4. The van der Waals surface area contributed by atoms with Crippen molar-refractivity contribution in [3.63, 3.8) is 0 Å². The second-order valence-electron chi connectivity index (χ2n) is 6.71. The Kier molecular flexibility index (Phi) is 5.14. The molecule has 0 radical (unpaired) electrons. The molecular formula is C20H25N3O. The normalized spacial score (nSPS) is 15.3. The number of nitrogens with zero attached hydrogens (tertiary/aromatic N) is 2. The van der Waals surface area contributed by atoms with Crippen molar-refractivity contribution in [2.24, 2.45) is 5.92 Å². The molecule has 1 amide bonds. The van der Waals surface area contributed by atoms with Crippen LogP contribution in [0.4, 0.5) is 5.69 Å². The summed E-state index contributed by atoms with van der Waals surface area (Å²) >= 11 is 0. The second kappa shape index (κ2) is 7.47. The van der Waals surface area contributed by atoms with Gasteiger partial charge in [-0.1, -0.05) is 31.2 Å². The Morgan fingerprint density at radius 2 is 2.00 bits per heavy atom. The van der Waals surface area contributed by atoms with Gasteiger partial charge in [0.05, 0.1) is 17.4 Å². The van der Waals surface area contributed by atoms with Gasteiger partial charge in [0.25, 0.3) is 5.91 Å². The number of aromatic nitrogens is 1. The van der Waals surface area contributed by atoms with Gasteiger partial charge in [0, 0.05) is 25.8 Å². The molecule has 0 aliphatic carbocycles. The monoisotopic (exact) mass is 323 g/mol. The van der Waals surface area contributed by atoms with Crippen LogP contribution in [0.3, 0.4) is 0 Å². The Morgan fingerprint density at radius 1 is 1.25 bits per heavy atom. The maximum Gasteiger partial charge on any atom is 0.253 e. The fraction of sp³-hybridized carbons (Fsp3) is 0.400. The first kappa shape index (κ1) is 16.5. The number of carbonyl (C=O) groups is 1. The summed E-state index contributed by atoms with van der Waals surface area (Å²) in [7, 11) is 0. The van der Waals surface area contributed by atoms with Crippen LogP contribution < -0.4 is 10.2 Å². The number of carbonyl (C=O) groups excluding carboxylic acids is 1. The van der Waals surface area contributed by atoms with Crippen molar-refractivity contribution in [3.8, 4) is 0 Å². The Hall–Kier alpha value is -2.36. The molecule has 4 nitrogen and oxygen atoms in total. The highest BCUT2D eigenvalue weighted by atomic mass is 16.1. The van der Waals surface area contributed by atoms with Crippen molar-refractivity contribution in [2.75, 3.05) is 18.0 Å². The Bertz CT molecular complexity index is 706. The molecule has 1 aliphatic heterocycles. The van der Waals surface area contributed by atoms with Gasteiger partial charge in [-0.15, -0.1) is 0 Å². The highest BCUT2D eigenvalue weighted by Crippen LogP contribution is 2.23. The van der Waals surface area contributed by atoms with Crippen LogP contribution in [0.1, 0.15) is 41.3 Å². The summed E-state index contributed by atoms with van der Waals surface area (Å²) in [6.07, 6.45) is 5.89. The van der Waals surface area contributed by atoms with E-state index < -0.39 is 0 Å². The lowest BCUT2D eigenvalue weighted by molar-refractivity contribution is 0.0950. The summed E-state index contributed by atoms with van der Waals surface area (Å²) in [6, 6.07) is 10.1. The van der Waals surface area contributed by atoms with Crippen LogP contribution in [0.15, 0.2) is 42.7 Å². The van der Waals surface area contributed by atoms with Gasteiger partial charge in [-0.25, -0.2) is 0 Å². The molecule has 1 fully saturated rings. The number of hydrogen-bond acceptors (Lipinski definition) is 3. The molecule has 2 aromatic rings. The zero-order valence-corrected chi connectivity index (χ0v) is 14.5. The summed E-state index contributed by atoms with van der Waals surface area (Å²) in [5, 5.41) is 3.00. The minimum Gasteiger partial charge on any atom is -0.370 e. The van der Waals surface area contributed by atoms with E-state index in [0.29, 0.717) is 12.1 Å². The fourth-order valence-electron chi connectivity index (χ4n) is 3.08. The molecule has 0 spiro atoms. The molecular weight excluding hydrogens is 298 g/mol. The Morgan fingerprint density at radius 3 is 2.75 bits per heavy atom. The van der Waals surface area contributed by atoms with E-state index in [4.69, 9.17) is 0 Å². The quantitative estimate of drug-likeness (QED) is 0.936. The van der Waals surface area contributed by atoms with Crippen molar-refractivity contribution in [3.05, 3.63) is 59.4 Å². The van der Waals surface area contributed by atoms with Gasteiger partial charge in [-0.2, -0.15) is 0 Å². The summed E-state index contributed by atoms with van der Waals surface area (Å²) in [6.45, 7) is 6.97. The average Bonchev–Trinajstić information content (AvgIpc) is 2.61. The van der Waals surface area contributed by atoms with Crippen LogP contribution in [0.25, 0.3) is 0 Å². The van der Waals surface area contributed by atoms with Crippen molar-refractivity contribution in [2.45, 2.75) is 33.2 Å². The number of rotatable bonds is 4. The number of hydrogen-bond donors (Lipinski definition) is 1. The van der Waals surface area contributed by atoms with E-state index in [1.54, 1.807) is 6.20 Å². The van der Waals surface area contributed by atoms with Crippen molar-refractivity contribution in [1.82, 2.24) is 10.3 Å². The van der Waals surface area contributed by atoms with Gasteiger partial charge in [-0.3, -0.25) is 9.78 Å². The van der Waals surface area contributed by atoms with Crippen LogP contribution in [0.5, 0.6) is 0 Å². The predicted molar refractivity (Wildman–Crippen MR) is 97.2 cm³/mol. The van der Waals surface area contributed by atoms with Gasteiger partial charge in [-0.05, 0) is 42.9 Å². The van der Waals surface area contributed by atoms with Crippen LogP contribution >= 0.6 is 0 Å². The van der Waals surface area contributed by atoms with E-state index in [0.717, 1.165) is 30.3 Å². The van der Waals surface area contributed by atoms with Gasteiger partial charge in [0.2, 0.25) is 0 Å². The van der Waals surface area contributed by atoms with E-state index >= 15 is 0 Å². The first-order chi connectivity index (χ1) is 11.6. The molecule has 0 bridgehead atoms. The number of anilines is 1. The summed E-state index contributed by atoms with van der Waals surface area (Å²) in [4.78, 5) is 19.0. The molecule has 0 unspecified atom stereocenters. The van der Waals surface area contributed by atoms with Crippen LogP contribution in [0.2, 0.25) is 0 Å². The highest BCUT2D eigenvalue weighted by molar-refractivity contribution is 5.94. The fourth-order valence-corrected chi connectivity index (χ4v) is 3.08. The number of nitrogens with one attached hydrogen (secondary N) is 1. The zero-order chi connectivity index (χ0) is 16.9. The second-order valence-corrected chi connectivity index (χ2v) is 6.71. The van der Waals surface area contributed by atoms with Crippen LogP contribution in [-0.2, 0) is 6.54 Å². The smallest absolute Gasteiger partial charge is 0.253 e. The third kappa shape index (κ3) is 3.94. The topological polar surface area (TPSA) is 45.2 Å². The SMILES string of the molecule is Cc1ccccc1CNC(=O)c1cncc(N2CCC(C)CC2)c1. The number of benzene rings is 1. The van der Waals surface area contributed by atoms with E-state index in [1.807, 2.05) is 30.5 Å². The lowest BCUT2D eigenvalue weighted by atomic mass is 9.99. The molecule has 1 aromatic carbocycles. The minimum atomic E-state index is -0.0713. The first-order valence-corrected chi connectivity index (χ1v) is 8.66. The van der Waals surface area contributed by atoms with Crippen LogP contribution in [0, 0.1) is 12.8 Å². The third-order valence-corrected chi connectivity index (χ3v) is 4.84. The van der Waals surface area contributed by atoms with Gasteiger partial charge < -0.3 is 10.2 Å². The Labute approximate surface area is 143 Å². The molecule has 1 aliphatic rings. The molecule has 2 heterocycles. The molecule has 4 heteroatoms. The molecule has 0 saturated carbocycles. The van der Waals surface area contributed by atoms with Crippen molar-refractivity contribution < 1.29 is 4.79 Å². The summed E-state index contributed by atoms with van der Waals surface area (Å²) < 4.78 is 0. The molecule has 1 aromatic heterocycles. The van der Waals surface area contributed by atoms with Gasteiger partial charge in [0.15, 0.2) is 0 Å². The average molecular weight is 323 g/mol. The first-order valence-electron chi connectivity index (χ1n) is 8.66. The lowest BCUT2D eigenvalue weighted by Crippen LogP contribution is -2.33. The molecule has 24 heavy (non-hydrogen) atoms. The molecule has 1 saturated heterocycles. The van der Waals surface area contributed by atoms with Crippen molar-refractivity contribution >= 4 is 11.6 Å². The third-order valence-electron chi connectivity index (χ3n) is 4.84. The van der Waals surface area contributed by atoms with E-state index in [9.17, 15) is 4.79 Å². The predicted octanol–water partition coefficient (Wildman–Crippen LogP) is 3.56. The number of piperidine rings is 1.